The molecule has 0 spiro atoms. The summed E-state index contributed by atoms with van der Waals surface area (Å²) in [6.45, 7) is 4.43. The number of aromatic nitrogens is 4. The lowest BCUT2D eigenvalue weighted by molar-refractivity contribution is 0.737. The van der Waals surface area contributed by atoms with Crippen LogP contribution in [0.3, 0.4) is 0 Å². The first kappa shape index (κ1) is 12.0. The van der Waals surface area contributed by atoms with Gasteiger partial charge in [-0.1, -0.05) is 25.4 Å². The summed E-state index contributed by atoms with van der Waals surface area (Å²) in [5.41, 5.74) is 7.23. The first-order valence-corrected chi connectivity index (χ1v) is 5.76. The summed E-state index contributed by atoms with van der Waals surface area (Å²) in [4.78, 5) is 8.74. The highest BCUT2D eigenvalue weighted by molar-refractivity contribution is 6.30. The predicted octanol–water partition coefficient (Wildman–Crippen LogP) is 1.90. The largest absolute Gasteiger partial charge is 0.325 e. The normalized spacial score (nSPS) is 11.1. The van der Waals surface area contributed by atoms with Crippen LogP contribution in [0.4, 0.5) is 0 Å². The van der Waals surface area contributed by atoms with Gasteiger partial charge in [0.2, 0.25) is 0 Å². The Morgan fingerprint density at radius 2 is 2.18 bits per heavy atom. The molecular formula is C11H14ClN5. The molecule has 0 aliphatic carbocycles. The third-order valence-electron chi connectivity index (χ3n) is 2.37. The standard InChI is InChI=1S/C11H14ClN5/c1-7(2)11-14-5-10(9(3-13)16-11)17-6-8(12)4-15-17/h4-7H,3,13H2,1-2H3. The highest BCUT2D eigenvalue weighted by Crippen LogP contribution is 2.16. The lowest BCUT2D eigenvalue weighted by Gasteiger charge is -2.10. The number of halogens is 1. The second-order valence-electron chi connectivity index (χ2n) is 4.02. The summed E-state index contributed by atoms with van der Waals surface area (Å²) in [6, 6.07) is 0. The monoisotopic (exact) mass is 251 g/mol. The van der Waals surface area contributed by atoms with Crippen LogP contribution in [-0.2, 0) is 6.54 Å². The van der Waals surface area contributed by atoms with Crippen molar-refractivity contribution >= 4 is 11.6 Å². The van der Waals surface area contributed by atoms with Crippen LogP contribution in [0.5, 0.6) is 0 Å². The van der Waals surface area contributed by atoms with E-state index in [-0.39, 0.29) is 5.92 Å². The van der Waals surface area contributed by atoms with E-state index in [0.717, 1.165) is 17.2 Å². The van der Waals surface area contributed by atoms with Crippen molar-refractivity contribution in [1.82, 2.24) is 19.7 Å². The van der Waals surface area contributed by atoms with Gasteiger partial charge in [-0.15, -0.1) is 0 Å². The molecule has 2 N–H and O–H groups in total. The van der Waals surface area contributed by atoms with E-state index in [0.29, 0.717) is 11.6 Å². The van der Waals surface area contributed by atoms with Gasteiger partial charge < -0.3 is 5.73 Å². The van der Waals surface area contributed by atoms with Crippen molar-refractivity contribution in [2.45, 2.75) is 26.3 Å². The zero-order valence-electron chi connectivity index (χ0n) is 9.76. The molecule has 0 amide bonds. The van der Waals surface area contributed by atoms with Crippen molar-refractivity contribution in [2.75, 3.05) is 0 Å². The lowest BCUT2D eigenvalue weighted by atomic mass is 10.2. The fourth-order valence-corrected chi connectivity index (χ4v) is 1.61. The van der Waals surface area contributed by atoms with Gasteiger partial charge in [0.1, 0.15) is 11.5 Å². The molecule has 0 atom stereocenters. The van der Waals surface area contributed by atoms with Gasteiger partial charge in [-0.3, -0.25) is 0 Å². The van der Waals surface area contributed by atoms with Crippen molar-refractivity contribution in [3.63, 3.8) is 0 Å². The molecule has 0 saturated heterocycles. The number of rotatable bonds is 3. The molecule has 5 nitrogen and oxygen atoms in total. The Hall–Kier alpha value is -1.46. The number of hydrogen-bond donors (Lipinski definition) is 1. The Balaban J connectivity index is 2.48. The van der Waals surface area contributed by atoms with Crippen molar-refractivity contribution in [1.29, 1.82) is 0 Å². The van der Waals surface area contributed by atoms with Crippen LogP contribution >= 0.6 is 11.6 Å². The zero-order chi connectivity index (χ0) is 12.4. The fraction of sp³-hybridized carbons (Fsp3) is 0.364. The molecule has 0 radical (unpaired) electrons. The van der Waals surface area contributed by atoms with Gasteiger partial charge in [0, 0.05) is 18.7 Å². The minimum absolute atomic E-state index is 0.274. The van der Waals surface area contributed by atoms with Crippen molar-refractivity contribution < 1.29 is 0 Å². The molecule has 0 unspecified atom stereocenters. The summed E-state index contributed by atoms with van der Waals surface area (Å²) in [7, 11) is 0. The van der Waals surface area contributed by atoms with Gasteiger partial charge in [0.05, 0.1) is 23.1 Å². The third kappa shape index (κ3) is 2.45. The molecule has 90 valence electrons. The average molecular weight is 252 g/mol. The molecule has 6 heteroatoms. The van der Waals surface area contributed by atoms with E-state index in [1.807, 2.05) is 13.8 Å². The van der Waals surface area contributed by atoms with Crippen LogP contribution in [0.15, 0.2) is 18.6 Å². The topological polar surface area (TPSA) is 69.6 Å². The molecule has 2 heterocycles. The summed E-state index contributed by atoms with van der Waals surface area (Å²) in [5, 5.41) is 4.69. The van der Waals surface area contributed by atoms with E-state index in [4.69, 9.17) is 17.3 Å². The third-order valence-corrected chi connectivity index (χ3v) is 2.57. The van der Waals surface area contributed by atoms with Crippen molar-refractivity contribution in [3.05, 3.63) is 35.1 Å². The number of hydrogen-bond acceptors (Lipinski definition) is 4. The molecule has 0 aliphatic heterocycles. The zero-order valence-corrected chi connectivity index (χ0v) is 10.5. The second-order valence-corrected chi connectivity index (χ2v) is 4.46. The van der Waals surface area contributed by atoms with Gasteiger partial charge in [0.15, 0.2) is 0 Å². The summed E-state index contributed by atoms with van der Waals surface area (Å²) < 4.78 is 1.63. The molecular weight excluding hydrogens is 238 g/mol. The maximum Gasteiger partial charge on any atom is 0.131 e. The van der Waals surface area contributed by atoms with E-state index in [9.17, 15) is 0 Å². The van der Waals surface area contributed by atoms with Crippen LogP contribution in [0.25, 0.3) is 5.69 Å². The lowest BCUT2D eigenvalue weighted by Crippen LogP contribution is -2.11. The molecule has 17 heavy (non-hydrogen) atoms. The highest BCUT2D eigenvalue weighted by atomic mass is 35.5. The van der Waals surface area contributed by atoms with Crippen LogP contribution in [0.2, 0.25) is 5.02 Å². The first-order chi connectivity index (χ1) is 8.11. The fourth-order valence-electron chi connectivity index (χ4n) is 1.48. The van der Waals surface area contributed by atoms with Crippen molar-refractivity contribution in [3.8, 4) is 5.69 Å². The summed E-state index contributed by atoms with van der Waals surface area (Å²) in [6.07, 6.45) is 5.00. The predicted molar refractivity (Wildman–Crippen MR) is 66.1 cm³/mol. The van der Waals surface area contributed by atoms with Crippen LogP contribution in [0, 0.1) is 0 Å². The summed E-state index contributed by atoms with van der Waals surface area (Å²) in [5.74, 6) is 1.06. The van der Waals surface area contributed by atoms with E-state index in [2.05, 4.69) is 15.1 Å². The molecule has 0 bridgehead atoms. The smallest absolute Gasteiger partial charge is 0.131 e. The average Bonchev–Trinajstić information content (AvgIpc) is 2.74. The highest BCUT2D eigenvalue weighted by Gasteiger charge is 2.10. The van der Waals surface area contributed by atoms with Gasteiger partial charge >= 0.3 is 0 Å². The second kappa shape index (κ2) is 4.81. The maximum atomic E-state index is 5.83. The molecule has 2 aromatic rings. The molecule has 0 saturated carbocycles. The van der Waals surface area contributed by atoms with Gasteiger partial charge in [0.25, 0.3) is 0 Å². The van der Waals surface area contributed by atoms with Crippen LogP contribution in [0.1, 0.15) is 31.3 Å². The quantitative estimate of drug-likeness (QED) is 0.905. The van der Waals surface area contributed by atoms with E-state index in [1.54, 1.807) is 23.3 Å². The molecule has 0 aromatic carbocycles. The molecule has 2 aromatic heterocycles. The molecule has 0 fully saturated rings. The first-order valence-electron chi connectivity index (χ1n) is 5.38. The van der Waals surface area contributed by atoms with Crippen molar-refractivity contribution in [2.24, 2.45) is 5.73 Å². The van der Waals surface area contributed by atoms with E-state index in [1.165, 1.54) is 0 Å². The SMILES string of the molecule is CC(C)c1ncc(-n2cc(Cl)cn2)c(CN)n1. The Morgan fingerprint density at radius 3 is 2.71 bits per heavy atom. The molecule has 2 rings (SSSR count). The number of nitrogens with zero attached hydrogens (tertiary/aromatic N) is 4. The van der Waals surface area contributed by atoms with Gasteiger partial charge in [-0.05, 0) is 0 Å². The van der Waals surface area contributed by atoms with E-state index >= 15 is 0 Å². The van der Waals surface area contributed by atoms with Gasteiger partial charge in [-0.25, -0.2) is 14.6 Å². The molecule has 0 aliphatic rings. The van der Waals surface area contributed by atoms with Crippen LogP contribution in [-0.4, -0.2) is 19.7 Å². The Morgan fingerprint density at radius 1 is 1.41 bits per heavy atom. The Kier molecular flexibility index (Phi) is 3.40. The van der Waals surface area contributed by atoms with E-state index < -0.39 is 0 Å². The summed E-state index contributed by atoms with van der Waals surface area (Å²) >= 11 is 5.83. The number of nitrogens with two attached hydrogens (primary N) is 1. The maximum absolute atomic E-state index is 5.83. The Bertz CT molecular complexity index is 520. The minimum atomic E-state index is 0.274. The Labute approximate surface area is 105 Å². The van der Waals surface area contributed by atoms with Crippen LogP contribution < -0.4 is 5.73 Å². The minimum Gasteiger partial charge on any atom is -0.325 e. The van der Waals surface area contributed by atoms with Gasteiger partial charge in [-0.2, -0.15) is 5.10 Å².